The van der Waals surface area contributed by atoms with Gasteiger partial charge in [-0.3, -0.25) is 14.3 Å². The van der Waals surface area contributed by atoms with Crippen LogP contribution in [-0.2, 0) is 22.7 Å². The van der Waals surface area contributed by atoms with E-state index in [2.05, 4.69) is 10.4 Å². The number of benzene rings is 1. The lowest BCUT2D eigenvalue weighted by molar-refractivity contribution is -0.142. The normalized spacial score (nSPS) is 17.6. The first-order valence-corrected chi connectivity index (χ1v) is 8.02. The molecule has 2 heterocycles. The molecule has 138 valence electrons. The number of alkyl halides is 3. The standard InChI is InChI=1S/C17H17F3N4O2/c18-17(19,20)11-24-10-14(7-21-24)22-16(26)13-6-15(25)23(9-13)8-12-4-2-1-3-5-12/h1-5,7,10,13H,6,8-9,11H2,(H,22,26). The number of aromatic nitrogens is 2. The van der Waals surface area contributed by atoms with E-state index in [1.54, 1.807) is 4.90 Å². The second-order valence-electron chi connectivity index (χ2n) is 6.19. The van der Waals surface area contributed by atoms with Crippen LogP contribution in [0.4, 0.5) is 18.9 Å². The van der Waals surface area contributed by atoms with Crippen molar-refractivity contribution in [3.8, 4) is 0 Å². The van der Waals surface area contributed by atoms with Gasteiger partial charge < -0.3 is 10.2 Å². The third-order valence-corrected chi connectivity index (χ3v) is 4.04. The number of carbonyl (C=O) groups excluding carboxylic acids is 2. The molecule has 0 saturated carbocycles. The van der Waals surface area contributed by atoms with Crippen molar-refractivity contribution in [1.82, 2.24) is 14.7 Å². The fourth-order valence-corrected chi connectivity index (χ4v) is 2.85. The van der Waals surface area contributed by atoms with Gasteiger partial charge in [0, 0.05) is 25.7 Å². The van der Waals surface area contributed by atoms with Crippen molar-refractivity contribution in [1.29, 1.82) is 0 Å². The summed E-state index contributed by atoms with van der Waals surface area (Å²) in [6, 6.07) is 9.42. The largest absolute Gasteiger partial charge is 0.408 e. The van der Waals surface area contributed by atoms with Crippen LogP contribution in [0.15, 0.2) is 42.7 Å². The zero-order chi connectivity index (χ0) is 18.7. The maximum atomic E-state index is 12.3. The summed E-state index contributed by atoms with van der Waals surface area (Å²) in [5.74, 6) is -1.07. The minimum Gasteiger partial charge on any atom is -0.338 e. The molecule has 0 spiro atoms. The van der Waals surface area contributed by atoms with Gasteiger partial charge in [-0.25, -0.2) is 0 Å². The molecular formula is C17H17F3N4O2. The topological polar surface area (TPSA) is 67.2 Å². The summed E-state index contributed by atoms with van der Waals surface area (Å²) in [6.07, 6.45) is -2.04. The number of nitrogens with zero attached hydrogens (tertiary/aromatic N) is 3. The Labute approximate surface area is 147 Å². The van der Waals surface area contributed by atoms with E-state index < -0.39 is 24.5 Å². The number of hydrogen-bond acceptors (Lipinski definition) is 3. The monoisotopic (exact) mass is 366 g/mol. The number of anilines is 1. The zero-order valence-corrected chi connectivity index (χ0v) is 13.7. The first-order valence-electron chi connectivity index (χ1n) is 8.02. The van der Waals surface area contributed by atoms with E-state index in [9.17, 15) is 22.8 Å². The number of halogens is 3. The molecule has 3 rings (SSSR count). The fourth-order valence-electron chi connectivity index (χ4n) is 2.85. The highest BCUT2D eigenvalue weighted by Crippen LogP contribution is 2.22. The van der Waals surface area contributed by atoms with Gasteiger partial charge in [-0.1, -0.05) is 30.3 Å². The Morgan fingerprint density at radius 3 is 2.69 bits per heavy atom. The van der Waals surface area contributed by atoms with Crippen LogP contribution < -0.4 is 5.32 Å². The zero-order valence-electron chi connectivity index (χ0n) is 13.7. The van der Waals surface area contributed by atoms with Gasteiger partial charge in [-0.05, 0) is 5.56 Å². The average Bonchev–Trinajstić information content (AvgIpc) is 3.14. The van der Waals surface area contributed by atoms with Gasteiger partial charge in [-0.15, -0.1) is 0 Å². The average molecular weight is 366 g/mol. The van der Waals surface area contributed by atoms with Crippen molar-refractivity contribution >= 4 is 17.5 Å². The number of carbonyl (C=O) groups is 2. The molecule has 0 bridgehead atoms. The van der Waals surface area contributed by atoms with Crippen molar-refractivity contribution < 1.29 is 22.8 Å². The second-order valence-corrected chi connectivity index (χ2v) is 6.19. The molecule has 1 aliphatic heterocycles. The van der Waals surface area contributed by atoms with E-state index in [-0.39, 0.29) is 24.6 Å². The molecule has 1 saturated heterocycles. The van der Waals surface area contributed by atoms with E-state index in [4.69, 9.17) is 0 Å². The minimum absolute atomic E-state index is 0.0787. The first-order chi connectivity index (χ1) is 12.3. The predicted octanol–water partition coefficient (Wildman–Crippen LogP) is 2.43. The van der Waals surface area contributed by atoms with Crippen LogP contribution in [0.3, 0.4) is 0 Å². The van der Waals surface area contributed by atoms with Crippen LogP contribution in [0, 0.1) is 5.92 Å². The van der Waals surface area contributed by atoms with Crippen molar-refractivity contribution in [2.45, 2.75) is 25.7 Å². The van der Waals surface area contributed by atoms with Crippen LogP contribution in [0.25, 0.3) is 0 Å². The third kappa shape index (κ3) is 4.62. The molecule has 0 aliphatic carbocycles. The van der Waals surface area contributed by atoms with Crippen LogP contribution >= 0.6 is 0 Å². The van der Waals surface area contributed by atoms with Gasteiger partial charge in [0.25, 0.3) is 0 Å². The molecule has 1 aromatic heterocycles. The van der Waals surface area contributed by atoms with Crippen LogP contribution in [0.5, 0.6) is 0 Å². The number of rotatable bonds is 5. The summed E-state index contributed by atoms with van der Waals surface area (Å²) >= 11 is 0. The quantitative estimate of drug-likeness (QED) is 0.884. The van der Waals surface area contributed by atoms with Crippen molar-refractivity contribution in [3.63, 3.8) is 0 Å². The summed E-state index contributed by atoms with van der Waals surface area (Å²) in [5.41, 5.74) is 1.14. The van der Waals surface area contributed by atoms with E-state index in [0.29, 0.717) is 11.2 Å². The Morgan fingerprint density at radius 2 is 2.00 bits per heavy atom. The molecule has 1 unspecified atom stereocenters. The predicted molar refractivity (Wildman–Crippen MR) is 86.9 cm³/mol. The van der Waals surface area contributed by atoms with Gasteiger partial charge in [-0.2, -0.15) is 18.3 Å². The molecule has 2 aromatic rings. The molecule has 2 amide bonds. The summed E-state index contributed by atoms with van der Waals surface area (Å²) < 4.78 is 37.7. The Balaban J connectivity index is 1.56. The Hall–Kier alpha value is -2.84. The summed E-state index contributed by atoms with van der Waals surface area (Å²) in [6.45, 7) is -0.529. The molecule has 26 heavy (non-hydrogen) atoms. The number of likely N-dealkylation sites (tertiary alicyclic amines) is 1. The molecule has 1 aromatic carbocycles. The summed E-state index contributed by atoms with van der Waals surface area (Å²) in [5, 5.41) is 6.10. The lowest BCUT2D eigenvalue weighted by Gasteiger charge is -2.16. The van der Waals surface area contributed by atoms with E-state index >= 15 is 0 Å². The maximum absolute atomic E-state index is 12.3. The van der Waals surface area contributed by atoms with E-state index in [0.717, 1.165) is 18.0 Å². The van der Waals surface area contributed by atoms with E-state index in [1.165, 1.54) is 0 Å². The minimum atomic E-state index is -4.39. The first kappa shape index (κ1) is 18.0. The molecular weight excluding hydrogens is 349 g/mol. The SMILES string of the molecule is O=C(Nc1cnn(CC(F)(F)F)c1)C1CC(=O)N(Cc2ccccc2)C1. The number of hydrogen-bond donors (Lipinski definition) is 1. The smallest absolute Gasteiger partial charge is 0.338 e. The highest BCUT2D eigenvalue weighted by atomic mass is 19.4. The Bertz CT molecular complexity index is 789. The highest BCUT2D eigenvalue weighted by molar-refractivity contribution is 5.97. The van der Waals surface area contributed by atoms with Gasteiger partial charge in [0.05, 0.1) is 17.8 Å². The highest BCUT2D eigenvalue weighted by Gasteiger charge is 2.34. The Kier molecular flexibility index (Phi) is 4.97. The number of amides is 2. The molecule has 1 atom stereocenters. The third-order valence-electron chi connectivity index (χ3n) is 4.04. The molecule has 9 heteroatoms. The lowest BCUT2D eigenvalue weighted by Crippen LogP contribution is -2.28. The number of nitrogens with one attached hydrogen (secondary N) is 1. The second kappa shape index (κ2) is 7.19. The van der Waals surface area contributed by atoms with Crippen molar-refractivity contribution in [2.24, 2.45) is 5.92 Å². The van der Waals surface area contributed by atoms with Crippen molar-refractivity contribution in [3.05, 3.63) is 48.3 Å². The summed E-state index contributed by atoms with van der Waals surface area (Å²) in [7, 11) is 0. The van der Waals surface area contributed by atoms with Crippen molar-refractivity contribution in [2.75, 3.05) is 11.9 Å². The van der Waals surface area contributed by atoms with Crippen LogP contribution in [0.1, 0.15) is 12.0 Å². The van der Waals surface area contributed by atoms with Gasteiger partial charge in [0.15, 0.2) is 0 Å². The summed E-state index contributed by atoms with van der Waals surface area (Å²) in [4.78, 5) is 26.0. The van der Waals surface area contributed by atoms with Gasteiger partial charge in [0.2, 0.25) is 11.8 Å². The fraction of sp³-hybridized carbons (Fsp3) is 0.353. The van der Waals surface area contributed by atoms with Gasteiger partial charge >= 0.3 is 6.18 Å². The molecule has 1 N–H and O–H groups in total. The Morgan fingerprint density at radius 1 is 1.27 bits per heavy atom. The molecule has 0 radical (unpaired) electrons. The maximum Gasteiger partial charge on any atom is 0.408 e. The van der Waals surface area contributed by atoms with Gasteiger partial charge in [0.1, 0.15) is 6.54 Å². The molecule has 1 aliphatic rings. The van der Waals surface area contributed by atoms with E-state index in [1.807, 2.05) is 30.3 Å². The molecule has 1 fully saturated rings. The molecule has 6 nitrogen and oxygen atoms in total. The van der Waals surface area contributed by atoms with Crippen LogP contribution in [-0.4, -0.2) is 39.2 Å². The van der Waals surface area contributed by atoms with Crippen LogP contribution in [0.2, 0.25) is 0 Å². The lowest BCUT2D eigenvalue weighted by atomic mass is 10.1.